The minimum Gasteiger partial charge on any atom is -0.368 e. The van der Waals surface area contributed by atoms with Gasteiger partial charge in [0.25, 0.3) is 0 Å². The first-order chi connectivity index (χ1) is 7.34. The molecule has 0 atom stereocenters. The first kappa shape index (κ1) is 9.64. The van der Waals surface area contributed by atoms with Gasteiger partial charge in [0, 0.05) is 18.9 Å². The smallest absolute Gasteiger partial charge is 0.125 e. The second kappa shape index (κ2) is 4.54. The molecule has 1 N–H and O–H groups in total. The van der Waals surface area contributed by atoms with Gasteiger partial charge in [0.1, 0.15) is 5.82 Å². The first-order valence-corrected chi connectivity index (χ1v) is 4.85. The summed E-state index contributed by atoms with van der Waals surface area (Å²) in [5.74, 6) is 0.890. The zero-order valence-electron chi connectivity index (χ0n) is 8.59. The number of hydrogen-bond donors (Lipinski definition) is 1. The molecule has 0 aliphatic rings. The maximum atomic E-state index is 4.24. The first-order valence-electron chi connectivity index (χ1n) is 4.85. The van der Waals surface area contributed by atoms with Crippen LogP contribution in [-0.4, -0.2) is 26.5 Å². The van der Waals surface area contributed by atoms with Crippen molar-refractivity contribution in [3.05, 3.63) is 36.3 Å². The van der Waals surface area contributed by atoms with Crippen LogP contribution in [0.25, 0.3) is 0 Å². The largest absolute Gasteiger partial charge is 0.368 e. The zero-order valence-corrected chi connectivity index (χ0v) is 8.59. The van der Waals surface area contributed by atoms with E-state index in [4.69, 9.17) is 0 Å². The van der Waals surface area contributed by atoms with E-state index in [0.717, 1.165) is 24.5 Å². The predicted molar refractivity (Wildman–Crippen MR) is 57.5 cm³/mol. The van der Waals surface area contributed by atoms with Crippen molar-refractivity contribution in [2.45, 2.75) is 13.5 Å². The van der Waals surface area contributed by atoms with E-state index in [9.17, 15) is 0 Å². The van der Waals surface area contributed by atoms with E-state index < -0.39 is 0 Å². The van der Waals surface area contributed by atoms with E-state index in [1.54, 1.807) is 10.9 Å². The number of nitrogens with zero attached hydrogens (tertiary/aromatic N) is 4. The summed E-state index contributed by atoms with van der Waals surface area (Å²) >= 11 is 0. The second-order valence-electron chi connectivity index (χ2n) is 3.31. The molecule has 0 bridgehead atoms. The van der Waals surface area contributed by atoms with Crippen molar-refractivity contribution in [2.24, 2.45) is 0 Å². The molecule has 5 heteroatoms. The van der Waals surface area contributed by atoms with Crippen LogP contribution >= 0.6 is 0 Å². The lowest BCUT2D eigenvalue weighted by Crippen LogP contribution is -2.11. The Morgan fingerprint density at radius 1 is 1.40 bits per heavy atom. The molecular formula is C10H13N5. The number of pyridine rings is 1. The number of aryl methyl sites for hydroxylation is 1. The monoisotopic (exact) mass is 203 g/mol. The Balaban J connectivity index is 1.81. The van der Waals surface area contributed by atoms with Crippen LogP contribution in [0.3, 0.4) is 0 Å². The van der Waals surface area contributed by atoms with Crippen LogP contribution in [0.1, 0.15) is 5.56 Å². The highest BCUT2D eigenvalue weighted by Crippen LogP contribution is 2.02. The number of anilines is 1. The van der Waals surface area contributed by atoms with Gasteiger partial charge < -0.3 is 5.32 Å². The van der Waals surface area contributed by atoms with Gasteiger partial charge in [0.15, 0.2) is 0 Å². The molecule has 5 nitrogen and oxygen atoms in total. The van der Waals surface area contributed by atoms with Crippen molar-refractivity contribution in [2.75, 3.05) is 11.9 Å². The molecule has 0 fully saturated rings. The van der Waals surface area contributed by atoms with Crippen molar-refractivity contribution >= 4 is 5.82 Å². The van der Waals surface area contributed by atoms with Gasteiger partial charge in [-0.25, -0.2) is 4.98 Å². The van der Waals surface area contributed by atoms with Gasteiger partial charge in [-0.3, -0.25) is 4.68 Å². The Labute approximate surface area is 88.1 Å². The molecule has 78 valence electrons. The van der Waals surface area contributed by atoms with E-state index in [0.29, 0.717) is 0 Å². The summed E-state index contributed by atoms with van der Waals surface area (Å²) in [6.07, 6.45) is 5.35. The van der Waals surface area contributed by atoms with Crippen LogP contribution in [-0.2, 0) is 6.54 Å². The average Bonchev–Trinajstić information content (AvgIpc) is 2.74. The van der Waals surface area contributed by atoms with Crippen molar-refractivity contribution in [1.29, 1.82) is 0 Å². The third-order valence-electron chi connectivity index (χ3n) is 2.03. The molecule has 0 saturated carbocycles. The number of aromatic nitrogens is 4. The van der Waals surface area contributed by atoms with E-state index in [1.165, 1.54) is 0 Å². The number of nitrogens with one attached hydrogen (secondary N) is 1. The van der Waals surface area contributed by atoms with Gasteiger partial charge in [0.2, 0.25) is 0 Å². The standard InChI is InChI=1S/C10H13N5/c1-9-2-3-10(12-8-9)11-4-6-15-7-5-13-14-15/h2-3,5,7-8H,4,6H2,1H3,(H,11,12). The Kier molecular flexibility index (Phi) is 2.92. The van der Waals surface area contributed by atoms with Crippen LogP contribution in [0.15, 0.2) is 30.7 Å². The van der Waals surface area contributed by atoms with Gasteiger partial charge in [-0.05, 0) is 18.6 Å². The van der Waals surface area contributed by atoms with Gasteiger partial charge in [-0.15, -0.1) is 5.10 Å². The Morgan fingerprint density at radius 2 is 2.33 bits per heavy atom. The fourth-order valence-electron chi connectivity index (χ4n) is 1.22. The van der Waals surface area contributed by atoms with Crippen molar-refractivity contribution in [3.8, 4) is 0 Å². The fraction of sp³-hybridized carbons (Fsp3) is 0.300. The molecular weight excluding hydrogens is 190 g/mol. The molecule has 0 saturated heterocycles. The lowest BCUT2D eigenvalue weighted by atomic mass is 10.3. The highest BCUT2D eigenvalue weighted by molar-refractivity contribution is 5.34. The lowest BCUT2D eigenvalue weighted by molar-refractivity contribution is 0.608. The number of rotatable bonds is 4. The minimum atomic E-state index is 0.787. The molecule has 2 heterocycles. The Hall–Kier alpha value is -1.91. The van der Waals surface area contributed by atoms with Crippen LogP contribution in [0.5, 0.6) is 0 Å². The molecule has 0 unspecified atom stereocenters. The number of hydrogen-bond acceptors (Lipinski definition) is 4. The SMILES string of the molecule is Cc1ccc(NCCn2ccnn2)nc1. The molecule has 2 aromatic heterocycles. The molecule has 2 rings (SSSR count). The molecule has 0 amide bonds. The van der Waals surface area contributed by atoms with Gasteiger partial charge in [-0.1, -0.05) is 11.3 Å². The third kappa shape index (κ3) is 2.77. The van der Waals surface area contributed by atoms with E-state index in [2.05, 4.69) is 20.6 Å². The predicted octanol–water partition coefficient (Wildman–Crippen LogP) is 1.09. The van der Waals surface area contributed by atoms with E-state index in [1.807, 2.05) is 31.5 Å². The summed E-state index contributed by atoms with van der Waals surface area (Å²) in [5, 5.41) is 10.8. The van der Waals surface area contributed by atoms with Crippen molar-refractivity contribution in [3.63, 3.8) is 0 Å². The maximum Gasteiger partial charge on any atom is 0.125 e. The Bertz CT molecular complexity index is 392. The summed E-state index contributed by atoms with van der Waals surface area (Å²) in [6.45, 7) is 3.60. The Morgan fingerprint density at radius 3 is 3.00 bits per heavy atom. The van der Waals surface area contributed by atoms with Crippen molar-refractivity contribution in [1.82, 2.24) is 20.0 Å². The summed E-state index contributed by atoms with van der Waals surface area (Å²) < 4.78 is 1.78. The van der Waals surface area contributed by atoms with E-state index >= 15 is 0 Å². The molecule has 0 aliphatic heterocycles. The highest BCUT2D eigenvalue weighted by Gasteiger charge is 1.93. The average molecular weight is 203 g/mol. The highest BCUT2D eigenvalue weighted by atomic mass is 15.4. The maximum absolute atomic E-state index is 4.24. The van der Waals surface area contributed by atoms with E-state index in [-0.39, 0.29) is 0 Å². The summed E-state index contributed by atoms with van der Waals surface area (Å²) in [7, 11) is 0. The third-order valence-corrected chi connectivity index (χ3v) is 2.03. The summed E-state index contributed by atoms with van der Waals surface area (Å²) in [4.78, 5) is 4.24. The van der Waals surface area contributed by atoms with Crippen molar-refractivity contribution < 1.29 is 0 Å². The zero-order chi connectivity index (χ0) is 10.5. The van der Waals surface area contributed by atoms with Gasteiger partial charge in [0.05, 0.1) is 12.7 Å². The molecule has 2 aromatic rings. The molecule has 0 radical (unpaired) electrons. The molecule has 0 aliphatic carbocycles. The summed E-state index contributed by atoms with van der Waals surface area (Å²) in [5.41, 5.74) is 1.16. The van der Waals surface area contributed by atoms with Crippen LogP contribution in [0.2, 0.25) is 0 Å². The fourth-order valence-corrected chi connectivity index (χ4v) is 1.22. The molecule has 0 aromatic carbocycles. The second-order valence-corrected chi connectivity index (χ2v) is 3.31. The van der Waals surface area contributed by atoms with Gasteiger partial charge in [-0.2, -0.15) is 0 Å². The van der Waals surface area contributed by atoms with Crippen LogP contribution < -0.4 is 5.32 Å². The van der Waals surface area contributed by atoms with Crippen LogP contribution in [0, 0.1) is 6.92 Å². The summed E-state index contributed by atoms with van der Waals surface area (Å²) in [6, 6.07) is 4.00. The molecule has 15 heavy (non-hydrogen) atoms. The lowest BCUT2D eigenvalue weighted by Gasteiger charge is -2.04. The topological polar surface area (TPSA) is 55.6 Å². The normalized spacial score (nSPS) is 10.2. The minimum absolute atomic E-state index is 0.787. The molecule has 0 spiro atoms. The quantitative estimate of drug-likeness (QED) is 0.808. The van der Waals surface area contributed by atoms with Crippen LogP contribution in [0.4, 0.5) is 5.82 Å². The van der Waals surface area contributed by atoms with Gasteiger partial charge >= 0.3 is 0 Å².